The fourth-order valence-corrected chi connectivity index (χ4v) is 2.71. The Kier molecular flexibility index (Phi) is 6.31. The zero-order valence-electron chi connectivity index (χ0n) is 13.5. The van der Waals surface area contributed by atoms with E-state index in [0.29, 0.717) is 12.1 Å². The molecule has 2 N–H and O–H groups in total. The van der Waals surface area contributed by atoms with Gasteiger partial charge in [0.15, 0.2) is 5.96 Å². The lowest BCUT2D eigenvalue weighted by Crippen LogP contribution is -2.46. The van der Waals surface area contributed by atoms with Crippen LogP contribution in [-0.2, 0) is 4.79 Å². The first-order valence-electron chi connectivity index (χ1n) is 8.13. The van der Waals surface area contributed by atoms with Gasteiger partial charge in [0.25, 0.3) is 0 Å². The molecule has 0 radical (unpaired) electrons. The van der Waals surface area contributed by atoms with Crippen LogP contribution in [0, 0.1) is 0 Å². The summed E-state index contributed by atoms with van der Waals surface area (Å²) in [5.41, 5.74) is 0. The molecule has 1 saturated heterocycles. The molecule has 7 heteroatoms. The maximum atomic E-state index is 11.7. The molecule has 22 heavy (non-hydrogen) atoms. The zero-order valence-corrected chi connectivity index (χ0v) is 15.9. The van der Waals surface area contributed by atoms with E-state index in [4.69, 9.17) is 0 Å². The van der Waals surface area contributed by atoms with Crippen LogP contribution in [0.25, 0.3) is 0 Å². The number of nitrogens with one attached hydrogen (secondary N) is 2. The van der Waals surface area contributed by atoms with Crippen molar-refractivity contribution < 1.29 is 4.79 Å². The molecule has 2 aliphatic carbocycles. The van der Waals surface area contributed by atoms with Crippen LogP contribution in [0.4, 0.5) is 0 Å². The number of amides is 1. The van der Waals surface area contributed by atoms with Gasteiger partial charge in [-0.15, -0.1) is 24.0 Å². The van der Waals surface area contributed by atoms with Gasteiger partial charge in [0.2, 0.25) is 5.91 Å². The Balaban J connectivity index is 0.00000176. The summed E-state index contributed by atoms with van der Waals surface area (Å²) in [7, 11) is 3.54. The van der Waals surface area contributed by atoms with Crippen molar-refractivity contribution in [1.29, 1.82) is 0 Å². The SMILES string of the molecule is CN(C)C(=O)CN=C(NC1CC1)NC1CCN(C2CC2)C1.I. The number of likely N-dealkylation sites (tertiary alicyclic amines) is 1. The minimum atomic E-state index is 0. The second-order valence-corrected chi connectivity index (χ2v) is 6.73. The lowest BCUT2D eigenvalue weighted by Gasteiger charge is -2.19. The van der Waals surface area contributed by atoms with E-state index in [-0.39, 0.29) is 36.4 Å². The Labute approximate surface area is 150 Å². The average molecular weight is 421 g/mol. The van der Waals surface area contributed by atoms with Crippen LogP contribution in [0.5, 0.6) is 0 Å². The molecule has 0 spiro atoms. The molecule has 0 aromatic carbocycles. The summed E-state index contributed by atoms with van der Waals surface area (Å²) in [4.78, 5) is 20.3. The van der Waals surface area contributed by atoms with Gasteiger partial charge in [-0.3, -0.25) is 9.69 Å². The Hall–Kier alpha value is -0.570. The van der Waals surface area contributed by atoms with E-state index in [1.165, 1.54) is 38.6 Å². The summed E-state index contributed by atoms with van der Waals surface area (Å²) in [5, 5.41) is 6.94. The Bertz CT molecular complexity index is 420. The second kappa shape index (κ2) is 7.81. The fraction of sp³-hybridized carbons (Fsp3) is 0.867. The highest BCUT2D eigenvalue weighted by atomic mass is 127. The minimum absolute atomic E-state index is 0. The molecule has 1 atom stereocenters. The molecule has 0 bridgehead atoms. The third-order valence-electron chi connectivity index (χ3n) is 4.41. The van der Waals surface area contributed by atoms with Crippen LogP contribution >= 0.6 is 24.0 Å². The largest absolute Gasteiger partial charge is 0.354 e. The van der Waals surface area contributed by atoms with Gasteiger partial charge in [-0.2, -0.15) is 0 Å². The maximum absolute atomic E-state index is 11.7. The van der Waals surface area contributed by atoms with Crippen molar-refractivity contribution in [2.24, 2.45) is 4.99 Å². The van der Waals surface area contributed by atoms with Crippen LogP contribution in [0.1, 0.15) is 32.1 Å². The summed E-state index contributed by atoms with van der Waals surface area (Å²) in [6.07, 6.45) is 6.32. The Morgan fingerprint density at radius 1 is 1.14 bits per heavy atom. The topological polar surface area (TPSA) is 60.0 Å². The molecule has 2 saturated carbocycles. The molecule has 6 nitrogen and oxygen atoms in total. The Morgan fingerprint density at radius 3 is 2.41 bits per heavy atom. The van der Waals surface area contributed by atoms with E-state index in [2.05, 4.69) is 20.5 Å². The van der Waals surface area contributed by atoms with Gasteiger partial charge in [-0.1, -0.05) is 0 Å². The summed E-state index contributed by atoms with van der Waals surface area (Å²) in [6.45, 7) is 2.52. The van der Waals surface area contributed by atoms with Crippen LogP contribution in [0.3, 0.4) is 0 Å². The van der Waals surface area contributed by atoms with Gasteiger partial charge in [0.05, 0.1) is 0 Å². The van der Waals surface area contributed by atoms with E-state index >= 15 is 0 Å². The predicted octanol–water partition coefficient (Wildman–Crippen LogP) is 0.627. The van der Waals surface area contributed by atoms with Gasteiger partial charge < -0.3 is 15.5 Å². The van der Waals surface area contributed by atoms with Crippen molar-refractivity contribution in [2.45, 2.75) is 50.2 Å². The van der Waals surface area contributed by atoms with Crippen LogP contribution in [0.15, 0.2) is 4.99 Å². The van der Waals surface area contributed by atoms with Gasteiger partial charge in [0.1, 0.15) is 6.54 Å². The highest BCUT2D eigenvalue weighted by Gasteiger charge is 2.35. The molecule has 1 unspecified atom stereocenters. The molecule has 0 aromatic heterocycles. The van der Waals surface area contributed by atoms with Crippen LogP contribution in [0.2, 0.25) is 0 Å². The standard InChI is InChI=1S/C15H27N5O.HI/c1-19(2)14(21)9-16-15(17-11-3-4-11)18-12-7-8-20(10-12)13-5-6-13;/h11-13H,3-10H2,1-2H3,(H2,16,17,18);1H. The monoisotopic (exact) mass is 421 g/mol. The minimum Gasteiger partial charge on any atom is -0.354 e. The van der Waals surface area contributed by atoms with Crippen molar-refractivity contribution in [3.05, 3.63) is 0 Å². The molecule has 3 rings (SSSR count). The number of hydrogen-bond acceptors (Lipinski definition) is 3. The molecular formula is C15H28IN5O. The summed E-state index contributed by atoms with van der Waals surface area (Å²) < 4.78 is 0. The lowest BCUT2D eigenvalue weighted by atomic mass is 10.3. The molecule has 1 aliphatic heterocycles. The van der Waals surface area contributed by atoms with E-state index in [1.807, 2.05) is 0 Å². The first kappa shape index (κ1) is 17.8. The van der Waals surface area contributed by atoms with Gasteiger partial charge in [0, 0.05) is 45.3 Å². The van der Waals surface area contributed by atoms with Gasteiger partial charge in [-0.05, 0) is 32.1 Å². The third-order valence-corrected chi connectivity index (χ3v) is 4.41. The van der Waals surface area contributed by atoms with E-state index in [1.54, 1.807) is 19.0 Å². The predicted molar refractivity (Wildman–Crippen MR) is 98.7 cm³/mol. The number of guanidine groups is 1. The summed E-state index contributed by atoms with van der Waals surface area (Å²) >= 11 is 0. The van der Waals surface area contributed by atoms with Crippen molar-refractivity contribution >= 4 is 35.8 Å². The van der Waals surface area contributed by atoms with Crippen LogP contribution in [-0.4, -0.2) is 73.5 Å². The van der Waals surface area contributed by atoms with Crippen molar-refractivity contribution in [1.82, 2.24) is 20.4 Å². The van der Waals surface area contributed by atoms with Gasteiger partial charge >= 0.3 is 0 Å². The first-order chi connectivity index (χ1) is 10.1. The van der Waals surface area contributed by atoms with E-state index in [0.717, 1.165) is 18.5 Å². The molecule has 3 fully saturated rings. The molecular weight excluding hydrogens is 393 g/mol. The number of aliphatic imine (C=N–C) groups is 1. The number of carbonyl (C=O) groups excluding carboxylic acids is 1. The molecule has 0 aromatic rings. The molecule has 1 amide bonds. The number of rotatable bonds is 5. The second-order valence-electron chi connectivity index (χ2n) is 6.73. The van der Waals surface area contributed by atoms with E-state index < -0.39 is 0 Å². The average Bonchev–Trinajstić information content (AvgIpc) is 3.37. The normalized spacial score (nSPS) is 25.5. The first-order valence-corrected chi connectivity index (χ1v) is 8.13. The zero-order chi connectivity index (χ0) is 14.8. The van der Waals surface area contributed by atoms with E-state index in [9.17, 15) is 4.79 Å². The van der Waals surface area contributed by atoms with Crippen molar-refractivity contribution in [2.75, 3.05) is 33.7 Å². The number of halogens is 1. The summed E-state index contributed by atoms with van der Waals surface area (Å²) in [6, 6.07) is 1.85. The molecule has 1 heterocycles. The molecule has 126 valence electrons. The number of carbonyl (C=O) groups is 1. The number of nitrogens with zero attached hydrogens (tertiary/aromatic N) is 3. The fourth-order valence-electron chi connectivity index (χ4n) is 2.71. The van der Waals surface area contributed by atoms with Gasteiger partial charge in [-0.25, -0.2) is 4.99 Å². The highest BCUT2D eigenvalue weighted by molar-refractivity contribution is 14.0. The highest BCUT2D eigenvalue weighted by Crippen LogP contribution is 2.29. The van der Waals surface area contributed by atoms with Crippen molar-refractivity contribution in [3.63, 3.8) is 0 Å². The number of likely N-dealkylation sites (N-methyl/N-ethyl adjacent to an activating group) is 1. The third kappa shape index (κ3) is 5.26. The van der Waals surface area contributed by atoms with Crippen molar-refractivity contribution in [3.8, 4) is 0 Å². The molecule has 3 aliphatic rings. The van der Waals surface area contributed by atoms with Crippen LogP contribution < -0.4 is 10.6 Å². The Morgan fingerprint density at radius 2 is 1.82 bits per heavy atom. The smallest absolute Gasteiger partial charge is 0.243 e. The number of hydrogen-bond donors (Lipinski definition) is 2. The lowest BCUT2D eigenvalue weighted by molar-refractivity contribution is -0.127. The quantitative estimate of drug-likeness (QED) is 0.389. The summed E-state index contributed by atoms with van der Waals surface area (Å²) in [5.74, 6) is 0.855. The maximum Gasteiger partial charge on any atom is 0.243 e.